The summed E-state index contributed by atoms with van der Waals surface area (Å²) < 4.78 is 5.31. The number of para-hydroxylation sites is 1. The van der Waals surface area contributed by atoms with Crippen molar-refractivity contribution in [2.75, 3.05) is 12.4 Å². The number of thiophene rings is 1. The SMILES string of the molecule is COc1ccccc1CNc1nc(Cl)c2ccsc2n1. The second-order valence-corrected chi connectivity index (χ2v) is 5.40. The molecule has 2 heterocycles. The molecule has 1 N–H and O–H groups in total. The van der Waals surface area contributed by atoms with Crippen molar-refractivity contribution in [3.63, 3.8) is 0 Å². The molecule has 0 saturated heterocycles. The van der Waals surface area contributed by atoms with Gasteiger partial charge in [-0.3, -0.25) is 0 Å². The van der Waals surface area contributed by atoms with Crippen molar-refractivity contribution in [3.8, 4) is 5.75 Å². The molecule has 0 amide bonds. The number of halogens is 1. The molecule has 0 saturated carbocycles. The van der Waals surface area contributed by atoms with Gasteiger partial charge >= 0.3 is 0 Å². The highest BCUT2D eigenvalue weighted by Gasteiger charge is 2.08. The lowest BCUT2D eigenvalue weighted by Crippen LogP contribution is -2.05. The van der Waals surface area contributed by atoms with Gasteiger partial charge in [-0.05, 0) is 17.5 Å². The molecule has 0 spiro atoms. The van der Waals surface area contributed by atoms with Crippen molar-refractivity contribution in [1.82, 2.24) is 9.97 Å². The number of rotatable bonds is 4. The minimum Gasteiger partial charge on any atom is -0.496 e. The molecular formula is C14H12ClN3OS. The van der Waals surface area contributed by atoms with E-state index in [1.54, 1.807) is 18.4 Å². The average Bonchev–Trinajstić information content (AvgIpc) is 2.94. The van der Waals surface area contributed by atoms with Crippen LogP contribution in [-0.2, 0) is 6.54 Å². The number of benzene rings is 1. The first-order chi connectivity index (χ1) is 9.78. The van der Waals surface area contributed by atoms with Crippen molar-refractivity contribution in [3.05, 3.63) is 46.4 Å². The highest BCUT2D eigenvalue weighted by atomic mass is 35.5. The van der Waals surface area contributed by atoms with E-state index in [1.165, 1.54) is 0 Å². The number of aromatic nitrogens is 2. The number of ether oxygens (including phenoxy) is 1. The van der Waals surface area contributed by atoms with Gasteiger partial charge in [0.1, 0.15) is 15.7 Å². The number of hydrogen-bond donors (Lipinski definition) is 1. The third-order valence-corrected chi connectivity index (χ3v) is 4.00. The zero-order valence-electron chi connectivity index (χ0n) is 10.8. The molecule has 4 nitrogen and oxygen atoms in total. The summed E-state index contributed by atoms with van der Waals surface area (Å²) in [6.45, 7) is 0.581. The molecular weight excluding hydrogens is 294 g/mol. The van der Waals surface area contributed by atoms with Crippen LogP contribution in [0.4, 0.5) is 5.95 Å². The van der Waals surface area contributed by atoms with Crippen LogP contribution in [0.2, 0.25) is 5.15 Å². The third kappa shape index (κ3) is 2.55. The number of methoxy groups -OCH3 is 1. The molecule has 0 unspecified atom stereocenters. The van der Waals surface area contributed by atoms with E-state index in [-0.39, 0.29) is 0 Å². The molecule has 0 atom stereocenters. The van der Waals surface area contributed by atoms with Gasteiger partial charge in [-0.1, -0.05) is 29.8 Å². The summed E-state index contributed by atoms with van der Waals surface area (Å²) >= 11 is 7.68. The molecule has 0 fully saturated rings. The molecule has 0 aliphatic carbocycles. The van der Waals surface area contributed by atoms with Crippen molar-refractivity contribution >= 4 is 39.1 Å². The predicted octanol–water partition coefficient (Wildman–Crippen LogP) is 3.97. The van der Waals surface area contributed by atoms with E-state index >= 15 is 0 Å². The lowest BCUT2D eigenvalue weighted by atomic mass is 10.2. The van der Waals surface area contributed by atoms with E-state index in [4.69, 9.17) is 16.3 Å². The van der Waals surface area contributed by atoms with Crippen LogP contribution in [-0.4, -0.2) is 17.1 Å². The maximum atomic E-state index is 6.13. The molecule has 0 radical (unpaired) electrons. The van der Waals surface area contributed by atoms with Gasteiger partial charge in [0.05, 0.1) is 7.11 Å². The van der Waals surface area contributed by atoms with Crippen LogP contribution < -0.4 is 10.1 Å². The van der Waals surface area contributed by atoms with Gasteiger partial charge in [0.15, 0.2) is 0 Å². The Morgan fingerprint density at radius 3 is 2.95 bits per heavy atom. The molecule has 3 aromatic rings. The largest absolute Gasteiger partial charge is 0.496 e. The summed E-state index contributed by atoms with van der Waals surface area (Å²) in [7, 11) is 1.66. The first-order valence-electron chi connectivity index (χ1n) is 6.04. The van der Waals surface area contributed by atoms with Gasteiger partial charge in [0.25, 0.3) is 0 Å². The van der Waals surface area contributed by atoms with Gasteiger partial charge in [-0.25, -0.2) is 9.97 Å². The Bertz CT molecular complexity index is 744. The lowest BCUT2D eigenvalue weighted by Gasteiger charge is -2.09. The van der Waals surface area contributed by atoms with Gasteiger partial charge in [-0.15, -0.1) is 11.3 Å². The molecule has 0 bridgehead atoms. The Morgan fingerprint density at radius 1 is 1.25 bits per heavy atom. The van der Waals surface area contributed by atoms with Crippen LogP contribution in [0.25, 0.3) is 10.2 Å². The molecule has 1 aromatic carbocycles. The van der Waals surface area contributed by atoms with Gasteiger partial charge in [-0.2, -0.15) is 0 Å². The molecule has 6 heteroatoms. The van der Waals surface area contributed by atoms with E-state index < -0.39 is 0 Å². The highest BCUT2D eigenvalue weighted by Crippen LogP contribution is 2.26. The van der Waals surface area contributed by atoms with Crippen LogP contribution >= 0.6 is 22.9 Å². The topological polar surface area (TPSA) is 47.0 Å². The van der Waals surface area contributed by atoms with E-state index in [9.17, 15) is 0 Å². The van der Waals surface area contributed by atoms with Crippen molar-refractivity contribution in [2.24, 2.45) is 0 Å². The van der Waals surface area contributed by atoms with Crippen LogP contribution in [0.1, 0.15) is 5.56 Å². The minimum atomic E-state index is 0.471. The number of nitrogens with one attached hydrogen (secondary N) is 1. The standard InChI is InChI=1S/C14H12ClN3OS/c1-19-11-5-3-2-4-9(11)8-16-14-17-12(15)10-6-7-20-13(10)18-14/h2-7H,8H2,1H3,(H,16,17,18). The Kier molecular flexibility index (Phi) is 3.71. The number of nitrogens with zero attached hydrogens (tertiary/aromatic N) is 2. The Labute approximate surface area is 125 Å². The van der Waals surface area contributed by atoms with Crippen molar-refractivity contribution < 1.29 is 4.74 Å². The summed E-state index contributed by atoms with van der Waals surface area (Å²) in [4.78, 5) is 9.57. The highest BCUT2D eigenvalue weighted by molar-refractivity contribution is 7.16. The second kappa shape index (κ2) is 5.64. The fraction of sp³-hybridized carbons (Fsp3) is 0.143. The Balaban J connectivity index is 1.83. The van der Waals surface area contributed by atoms with Crippen LogP contribution in [0.15, 0.2) is 35.7 Å². The Hall–Kier alpha value is -1.85. The first-order valence-corrected chi connectivity index (χ1v) is 7.30. The van der Waals surface area contributed by atoms with Crippen LogP contribution in [0, 0.1) is 0 Å². The Morgan fingerprint density at radius 2 is 2.10 bits per heavy atom. The summed E-state index contributed by atoms with van der Waals surface area (Å²) in [5.41, 5.74) is 1.04. The molecule has 0 aliphatic rings. The maximum absolute atomic E-state index is 6.13. The zero-order chi connectivity index (χ0) is 13.9. The van der Waals surface area contributed by atoms with Gasteiger partial charge < -0.3 is 10.1 Å². The summed E-state index contributed by atoms with van der Waals surface area (Å²) in [6, 6.07) is 9.75. The van der Waals surface area contributed by atoms with Gasteiger partial charge in [0, 0.05) is 17.5 Å². The second-order valence-electron chi connectivity index (χ2n) is 4.14. The van der Waals surface area contributed by atoms with Crippen molar-refractivity contribution in [2.45, 2.75) is 6.54 Å². The summed E-state index contributed by atoms with van der Waals surface area (Å²) in [5.74, 6) is 1.36. The summed E-state index contributed by atoms with van der Waals surface area (Å²) in [6.07, 6.45) is 0. The zero-order valence-corrected chi connectivity index (χ0v) is 12.3. The average molecular weight is 306 g/mol. The smallest absolute Gasteiger partial charge is 0.225 e. The number of hydrogen-bond acceptors (Lipinski definition) is 5. The van der Waals surface area contributed by atoms with E-state index in [0.29, 0.717) is 17.6 Å². The van der Waals surface area contributed by atoms with Crippen LogP contribution in [0.5, 0.6) is 5.75 Å². The van der Waals surface area contributed by atoms with E-state index in [1.807, 2.05) is 35.7 Å². The minimum absolute atomic E-state index is 0.471. The van der Waals surface area contributed by atoms with E-state index in [2.05, 4.69) is 15.3 Å². The third-order valence-electron chi connectivity index (χ3n) is 2.91. The number of anilines is 1. The fourth-order valence-electron chi connectivity index (χ4n) is 1.92. The maximum Gasteiger partial charge on any atom is 0.225 e. The predicted molar refractivity (Wildman–Crippen MR) is 82.7 cm³/mol. The van der Waals surface area contributed by atoms with Crippen LogP contribution in [0.3, 0.4) is 0 Å². The van der Waals surface area contributed by atoms with Gasteiger partial charge in [0.2, 0.25) is 5.95 Å². The normalized spacial score (nSPS) is 10.7. The quantitative estimate of drug-likeness (QED) is 0.741. The number of fused-ring (bicyclic) bond motifs is 1. The molecule has 2 aromatic heterocycles. The molecule has 20 heavy (non-hydrogen) atoms. The first kappa shape index (κ1) is 13.1. The monoisotopic (exact) mass is 305 g/mol. The molecule has 102 valence electrons. The van der Waals surface area contributed by atoms with Crippen molar-refractivity contribution in [1.29, 1.82) is 0 Å². The lowest BCUT2D eigenvalue weighted by molar-refractivity contribution is 0.410. The molecule has 3 rings (SSSR count). The summed E-state index contributed by atoms with van der Waals surface area (Å²) in [5, 5.41) is 6.49. The fourth-order valence-corrected chi connectivity index (χ4v) is 2.97. The van der Waals surface area contributed by atoms with E-state index in [0.717, 1.165) is 21.5 Å². The molecule has 0 aliphatic heterocycles.